The SMILES string of the molecule is CP(C)(C)=Nc1ccccc1. The lowest BCUT2D eigenvalue weighted by Gasteiger charge is -2.04. The van der Waals surface area contributed by atoms with Crippen LogP contribution >= 0.6 is 7.05 Å². The van der Waals surface area contributed by atoms with E-state index in [1.807, 2.05) is 30.3 Å². The number of nitrogens with zero attached hydrogens (tertiary/aromatic N) is 1. The van der Waals surface area contributed by atoms with Crippen molar-refractivity contribution < 1.29 is 0 Å². The fourth-order valence-electron chi connectivity index (χ4n) is 0.841. The summed E-state index contributed by atoms with van der Waals surface area (Å²) in [6.07, 6.45) is 0. The van der Waals surface area contributed by atoms with Gasteiger partial charge < -0.3 is 0 Å². The molecule has 1 aromatic rings. The summed E-state index contributed by atoms with van der Waals surface area (Å²) in [4.78, 5) is 0. The van der Waals surface area contributed by atoms with E-state index in [2.05, 4.69) is 24.7 Å². The molecule has 0 bridgehead atoms. The van der Waals surface area contributed by atoms with Crippen LogP contribution in [-0.4, -0.2) is 20.0 Å². The molecule has 0 aromatic heterocycles. The Kier molecular flexibility index (Phi) is 2.51. The summed E-state index contributed by atoms with van der Waals surface area (Å²) in [7, 11) is -1.01. The molecule has 0 fully saturated rings. The maximum absolute atomic E-state index is 4.60. The normalized spacial score (nSPS) is 11.2. The lowest BCUT2D eigenvalue weighted by Crippen LogP contribution is -1.69. The zero-order valence-electron chi connectivity index (χ0n) is 7.28. The molecular weight excluding hydrogens is 153 g/mol. The quantitative estimate of drug-likeness (QED) is 0.568. The standard InChI is InChI=1S/C9H14NP/c1-11(2,3)10-9-7-5-4-6-8-9/h4-8H,1-3H3. The van der Waals surface area contributed by atoms with Crippen molar-refractivity contribution in [1.29, 1.82) is 0 Å². The average Bonchev–Trinajstić information content (AvgIpc) is 1.85. The minimum Gasteiger partial charge on any atom is -0.268 e. The summed E-state index contributed by atoms with van der Waals surface area (Å²) in [5.41, 5.74) is 1.10. The van der Waals surface area contributed by atoms with Gasteiger partial charge in [-0.15, -0.1) is 0 Å². The second-order valence-electron chi connectivity index (χ2n) is 3.38. The Morgan fingerprint density at radius 1 is 1.00 bits per heavy atom. The van der Waals surface area contributed by atoms with E-state index in [1.54, 1.807) is 0 Å². The van der Waals surface area contributed by atoms with Crippen LogP contribution in [0.3, 0.4) is 0 Å². The Labute approximate surface area is 68.5 Å². The Balaban J connectivity index is 2.98. The van der Waals surface area contributed by atoms with Crippen LogP contribution in [0.4, 0.5) is 5.69 Å². The molecule has 0 aliphatic heterocycles. The van der Waals surface area contributed by atoms with E-state index >= 15 is 0 Å². The van der Waals surface area contributed by atoms with E-state index < -0.39 is 7.05 Å². The lowest BCUT2D eigenvalue weighted by molar-refractivity contribution is 1.54. The zero-order valence-corrected chi connectivity index (χ0v) is 8.18. The van der Waals surface area contributed by atoms with Gasteiger partial charge in [0.2, 0.25) is 0 Å². The van der Waals surface area contributed by atoms with Gasteiger partial charge in [-0.1, -0.05) is 18.2 Å². The molecule has 1 aromatic carbocycles. The summed E-state index contributed by atoms with van der Waals surface area (Å²) in [5, 5.41) is 0. The molecule has 0 saturated carbocycles. The van der Waals surface area contributed by atoms with Crippen molar-refractivity contribution in [3.8, 4) is 0 Å². The van der Waals surface area contributed by atoms with Crippen LogP contribution in [0.5, 0.6) is 0 Å². The van der Waals surface area contributed by atoms with Crippen molar-refractivity contribution in [1.82, 2.24) is 0 Å². The molecule has 11 heavy (non-hydrogen) atoms. The van der Waals surface area contributed by atoms with Gasteiger partial charge in [-0.3, -0.25) is 4.74 Å². The van der Waals surface area contributed by atoms with E-state index in [4.69, 9.17) is 0 Å². The van der Waals surface area contributed by atoms with E-state index in [-0.39, 0.29) is 0 Å². The Bertz CT molecular complexity index is 263. The topological polar surface area (TPSA) is 12.4 Å². The van der Waals surface area contributed by atoms with Gasteiger partial charge in [0.05, 0.1) is 5.69 Å². The first-order valence-corrected chi connectivity index (χ1v) is 6.76. The molecular formula is C9H14NP. The molecule has 60 valence electrons. The highest BCUT2D eigenvalue weighted by molar-refractivity contribution is 7.64. The molecule has 0 heterocycles. The van der Waals surface area contributed by atoms with Gasteiger partial charge >= 0.3 is 0 Å². The minimum absolute atomic E-state index is 1.01. The van der Waals surface area contributed by atoms with Gasteiger partial charge in [-0.2, -0.15) is 0 Å². The second-order valence-corrected chi connectivity index (χ2v) is 7.46. The summed E-state index contributed by atoms with van der Waals surface area (Å²) in [5.74, 6) is 0. The number of benzene rings is 1. The van der Waals surface area contributed by atoms with Crippen LogP contribution in [0, 0.1) is 0 Å². The van der Waals surface area contributed by atoms with Gasteiger partial charge in [-0.05, 0) is 39.2 Å². The summed E-state index contributed by atoms with van der Waals surface area (Å²) in [6, 6.07) is 10.2. The van der Waals surface area contributed by atoms with Crippen molar-refractivity contribution in [2.75, 3.05) is 20.0 Å². The molecule has 0 spiro atoms. The van der Waals surface area contributed by atoms with Crippen molar-refractivity contribution in [3.05, 3.63) is 30.3 Å². The van der Waals surface area contributed by atoms with E-state index in [0.717, 1.165) is 5.69 Å². The molecule has 0 saturated heterocycles. The van der Waals surface area contributed by atoms with Gasteiger partial charge in [0.1, 0.15) is 0 Å². The molecule has 1 rings (SSSR count). The largest absolute Gasteiger partial charge is 0.268 e. The summed E-state index contributed by atoms with van der Waals surface area (Å²) < 4.78 is 4.60. The average molecular weight is 167 g/mol. The monoisotopic (exact) mass is 167 g/mol. The first-order chi connectivity index (χ1) is 5.08. The van der Waals surface area contributed by atoms with Crippen LogP contribution in [0.2, 0.25) is 0 Å². The van der Waals surface area contributed by atoms with Crippen LogP contribution in [0.1, 0.15) is 0 Å². The predicted octanol–water partition coefficient (Wildman–Crippen LogP) is 3.41. The molecule has 0 aliphatic rings. The first kappa shape index (κ1) is 8.55. The van der Waals surface area contributed by atoms with Crippen molar-refractivity contribution >= 4 is 12.7 Å². The van der Waals surface area contributed by atoms with Crippen molar-refractivity contribution in [2.24, 2.45) is 4.74 Å². The van der Waals surface area contributed by atoms with E-state index in [0.29, 0.717) is 0 Å². The molecule has 0 atom stereocenters. The summed E-state index contributed by atoms with van der Waals surface area (Å²) in [6.45, 7) is 6.62. The van der Waals surface area contributed by atoms with Crippen LogP contribution in [0.15, 0.2) is 35.1 Å². The fraction of sp³-hybridized carbons (Fsp3) is 0.333. The number of hydrogen-bond donors (Lipinski definition) is 0. The highest BCUT2D eigenvalue weighted by atomic mass is 31.2. The van der Waals surface area contributed by atoms with Gasteiger partial charge in [0.25, 0.3) is 0 Å². The lowest BCUT2D eigenvalue weighted by atomic mass is 10.3. The fourth-order valence-corrected chi connectivity index (χ4v) is 1.67. The van der Waals surface area contributed by atoms with Gasteiger partial charge in [0.15, 0.2) is 0 Å². The third-order valence-electron chi connectivity index (χ3n) is 1.17. The zero-order chi connectivity index (χ0) is 8.32. The maximum atomic E-state index is 4.60. The number of hydrogen-bond acceptors (Lipinski definition) is 1. The third-order valence-corrected chi connectivity index (χ3v) is 2.00. The van der Waals surface area contributed by atoms with Crippen molar-refractivity contribution in [2.45, 2.75) is 0 Å². The van der Waals surface area contributed by atoms with E-state index in [1.165, 1.54) is 0 Å². The third kappa shape index (κ3) is 3.38. The molecule has 1 nitrogen and oxygen atoms in total. The smallest absolute Gasteiger partial charge is 0.0613 e. The Morgan fingerprint density at radius 2 is 1.55 bits per heavy atom. The molecule has 2 heteroatoms. The maximum Gasteiger partial charge on any atom is 0.0613 e. The Hall–Kier alpha value is -0.550. The van der Waals surface area contributed by atoms with Gasteiger partial charge in [0, 0.05) is 0 Å². The summed E-state index contributed by atoms with van der Waals surface area (Å²) >= 11 is 0. The van der Waals surface area contributed by atoms with Crippen molar-refractivity contribution in [3.63, 3.8) is 0 Å². The number of rotatable bonds is 1. The molecule has 0 radical (unpaired) electrons. The molecule has 0 amide bonds. The second kappa shape index (κ2) is 3.23. The van der Waals surface area contributed by atoms with Crippen LogP contribution in [-0.2, 0) is 0 Å². The van der Waals surface area contributed by atoms with E-state index in [9.17, 15) is 0 Å². The highest BCUT2D eigenvalue weighted by Crippen LogP contribution is 2.39. The van der Waals surface area contributed by atoms with Crippen LogP contribution < -0.4 is 0 Å². The van der Waals surface area contributed by atoms with Crippen LogP contribution in [0.25, 0.3) is 0 Å². The highest BCUT2D eigenvalue weighted by Gasteiger charge is 1.94. The predicted molar refractivity (Wildman–Crippen MR) is 53.2 cm³/mol. The Morgan fingerprint density at radius 3 is 2.00 bits per heavy atom. The van der Waals surface area contributed by atoms with Gasteiger partial charge in [-0.25, -0.2) is 0 Å². The first-order valence-electron chi connectivity index (χ1n) is 3.68. The molecule has 0 N–H and O–H groups in total. The molecule has 0 unspecified atom stereocenters. The minimum atomic E-state index is -1.01. The molecule has 0 aliphatic carbocycles.